The number of amides is 1. The molecule has 0 unspecified atom stereocenters. The third kappa shape index (κ3) is 3.56. The molecule has 0 radical (unpaired) electrons. The molecule has 2 rings (SSSR count). The van der Waals surface area contributed by atoms with Crippen LogP contribution < -0.4 is 11.1 Å². The number of benzene rings is 1. The molecule has 1 aliphatic rings. The molecule has 0 bridgehead atoms. The monoisotopic (exact) mass is 300 g/mol. The summed E-state index contributed by atoms with van der Waals surface area (Å²) in [4.78, 5) is 11.5. The van der Waals surface area contributed by atoms with Crippen molar-refractivity contribution in [1.82, 2.24) is 5.32 Å². The van der Waals surface area contributed by atoms with Gasteiger partial charge in [-0.3, -0.25) is 4.79 Å². The third-order valence-electron chi connectivity index (χ3n) is 4.11. The Morgan fingerprint density at radius 1 is 1.33 bits per heavy atom. The van der Waals surface area contributed by atoms with Crippen molar-refractivity contribution in [3.8, 4) is 0 Å². The minimum Gasteiger partial charge on any atom is -0.355 e. The summed E-state index contributed by atoms with van der Waals surface area (Å²) in [7, 11) is 0. The lowest BCUT2D eigenvalue weighted by Gasteiger charge is -2.43. The van der Waals surface area contributed by atoms with Crippen LogP contribution in [0.3, 0.4) is 0 Å². The van der Waals surface area contributed by atoms with Crippen LogP contribution in [0.5, 0.6) is 0 Å². The average molecular weight is 300 g/mol. The summed E-state index contributed by atoms with van der Waals surface area (Å²) in [6, 6.07) is 5.42. The molecule has 0 atom stereocenters. The van der Waals surface area contributed by atoms with E-state index in [1.165, 1.54) is 12.1 Å². The summed E-state index contributed by atoms with van der Waals surface area (Å²) < 4.78 is 38.4. The van der Waals surface area contributed by atoms with Crippen LogP contribution in [0, 0.1) is 0 Å². The van der Waals surface area contributed by atoms with Crippen LogP contribution >= 0.6 is 0 Å². The highest BCUT2D eigenvalue weighted by atomic mass is 19.4. The van der Waals surface area contributed by atoms with Gasteiger partial charge in [0.2, 0.25) is 5.91 Å². The molecule has 1 aromatic carbocycles. The maximum atomic E-state index is 12.8. The molecule has 0 heterocycles. The zero-order valence-corrected chi connectivity index (χ0v) is 11.7. The van der Waals surface area contributed by atoms with Gasteiger partial charge in [0, 0.05) is 24.9 Å². The number of carbonyl (C=O) groups is 1. The molecule has 1 aliphatic carbocycles. The smallest absolute Gasteiger partial charge is 0.355 e. The van der Waals surface area contributed by atoms with Crippen molar-refractivity contribution in [3.63, 3.8) is 0 Å². The molecular formula is C15H19F3N2O. The maximum absolute atomic E-state index is 12.8. The Kier molecular flexibility index (Phi) is 4.56. The molecule has 1 saturated carbocycles. The second-order valence-corrected chi connectivity index (χ2v) is 5.53. The number of hydrogen-bond acceptors (Lipinski definition) is 2. The highest BCUT2D eigenvalue weighted by molar-refractivity contribution is 5.76. The summed E-state index contributed by atoms with van der Waals surface area (Å²) in [5.41, 5.74) is 4.95. The molecule has 1 fully saturated rings. The summed E-state index contributed by atoms with van der Waals surface area (Å²) in [5, 5.41) is 2.78. The fourth-order valence-corrected chi connectivity index (χ4v) is 2.68. The second kappa shape index (κ2) is 6.05. The summed E-state index contributed by atoms with van der Waals surface area (Å²) in [6.45, 7) is 0.634. The summed E-state index contributed by atoms with van der Waals surface area (Å²) in [5.74, 6) is -0.157. The number of nitrogens with one attached hydrogen (secondary N) is 1. The van der Waals surface area contributed by atoms with Gasteiger partial charge in [0.1, 0.15) is 0 Å². The number of carbonyl (C=O) groups excluding carboxylic acids is 1. The first-order chi connectivity index (χ1) is 9.87. The fourth-order valence-electron chi connectivity index (χ4n) is 2.68. The normalized spacial score (nSPS) is 17.1. The molecule has 116 valence electrons. The van der Waals surface area contributed by atoms with Crippen molar-refractivity contribution in [2.45, 2.75) is 37.3 Å². The lowest BCUT2D eigenvalue weighted by Crippen LogP contribution is -2.46. The van der Waals surface area contributed by atoms with E-state index >= 15 is 0 Å². The number of nitrogens with two attached hydrogens (primary N) is 1. The van der Waals surface area contributed by atoms with Gasteiger partial charge in [-0.05, 0) is 24.5 Å². The van der Waals surface area contributed by atoms with E-state index in [-0.39, 0.29) is 24.3 Å². The Hall–Kier alpha value is -1.56. The van der Waals surface area contributed by atoms with Crippen LogP contribution in [0.4, 0.5) is 13.2 Å². The Balaban J connectivity index is 2.15. The van der Waals surface area contributed by atoms with Crippen LogP contribution in [-0.2, 0) is 16.4 Å². The molecule has 21 heavy (non-hydrogen) atoms. The van der Waals surface area contributed by atoms with Gasteiger partial charge in [-0.25, -0.2) is 0 Å². The van der Waals surface area contributed by atoms with Gasteiger partial charge in [0.25, 0.3) is 0 Å². The van der Waals surface area contributed by atoms with E-state index < -0.39 is 11.7 Å². The average Bonchev–Trinajstić information content (AvgIpc) is 2.37. The van der Waals surface area contributed by atoms with Crippen molar-refractivity contribution in [3.05, 3.63) is 35.4 Å². The van der Waals surface area contributed by atoms with E-state index in [1.54, 1.807) is 6.07 Å². The van der Waals surface area contributed by atoms with Gasteiger partial charge in [-0.15, -0.1) is 0 Å². The van der Waals surface area contributed by atoms with Gasteiger partial charge in [-0.2, -0.15) is 13.2 Å². The molecule has 1 amide bonds. The Morgan fingerprint density at radius 2 is 2.05 bits per heavy atom. The van der Waals surface area contributed by atoms with Gasteiger partial charge >= 0.3 is 6.18 Å². The van der Waals surface area contributed by atoms with Crippen molar-refractivity contribution < 1.29 is 18.0 Å². The molecule has 0 saturated heterocycles. The zero-order valence-electron chi connectivity index (χ0n) is 11.7. The number of halogens is 3. The van der Waals surface area contributed by atoms with Crippen molar-refractivity contribution in [2.24, 2.45) is 5.73 Å². The zero-order chi connectivity index (χ0) is 15.5. The molecule has 3 nitrogen and oxygen atoms in total. The van der Waals surface area contributed by atoms with Crippen molar-refractivity contribution >= 4 is 5.91 Å². The van der Waals surface area contributed by atoms with Gasteiger partial charge in [0.15, 0.2) is 0 Å². The van der Waals surface area contributed by atoms with E-state index in [0.717, 1.165) is 25.3 Å². The van der Waals surface area contributed by atoms with Crippen LogP contribution in [0.25, 0.3) is 0 Å². The number of alkyl halides is 3. The summed E-state index contributed by atoms with van der Waals surface area (Å²) in [6.07, 6.45) is -1.57. The number of hydrogen-bond donors (Lipinski definition) is 2. The highest BCUT2D eigenvalue weighted by Gasteiger charge is 2.40. The van der Waals surface area contributed by atoms with Crippen LogP contribution in [-0.4, -0.2) is 19.0 Å². The Labute approximate surface area is 121 Å². The minimum absolute atomic E-state index is 0.157. The largest absolute Gasteiger partial charge is 0.416 e. The standard InChI is InChI=1S/C15H19F3N2O/c16-15(17,18)12-4-1-3-11(9-12)14(6-2-7-14)10-20-13(21)5-8-19/h1,3-4,9H,2,5-8,10,19H2,(H,20,21). The van der Waals surface area contributed by atoms with Crippen LogP contribution in [0.15, 0.2) is 24.3 Å². The van der Waals surface area contributed by atoms with Gasteiger partial charge in [-0.1, -0.05) is 24.6 Å². The quantitative estimate of drug-likeness (QED) is 0.878. The van der Waals surface area contributed by atoms with Gasteiger partial charge < -0.3 is 11.1 Å². The van der Waals surface area contributed by atoms with E-state index in [1.807, 2.05) is 0 Å². The molecule has 3 N–H and O–H groups in total. The summed E-state index contributed by atoms with van der Waals surface area (Å²) >= 11 is 0. The second-order valence-electron chi connectivity index (χ2n) is 5.53. The predicted octanol–water partition coefficient (Wildman–Crippen LogP) is 2.59. The highest BCUT2D eigenvalue weighted by Crippen LogP contribution is 2.44. The van der Waals surface area contributed by atoms with Crippen molar-refractivity contribution in [1.29, 1.82) is 0 Å². The first kappa shape index (κ1) is 15.8. The lowest BCUT2D eigenvalue weighted by molar-refractivity contribution is -0.137. The van der Waals surface area contributed by atoms with E-state index in [4.69, 9.17) is 5.73 Å². The molecule has 0 spiro atoms. The van der Waals surface area contributed by atoms with E-state index in [9.17, 15) is 18.0 Å². The topological polar surface area (TPSA) is 55.1 Å². The molecule has 1 aromatic rings. The van der Waals surface area contributed by atoms with E-state index in [2.05, 4.69) is 5.32 Å². The lowest BCUT2D eigenvalue weighted by atomic mass is 9.64. The molecule has 0 aliphatic heterocycles. The third-order valence-corrected chi connectivity index (χ3v) is 4.11. The SMILES string of the molecule is NCCC(=O)NCC1(c2cccc(C(F)(F)F)c2)CCC1. The Bertz CT molecular complexity index is 510. The van der Waals surface area contributed by atoms with Crippen molar-refractivity contribution in [2.75, 3.05) is 13.1 Å². The molecule has 0 aromatic heterocycles. The Morgan fingerprint density at radius 3 is 2.57 bits per heavy atom. The van der Waals surface area contributed by atoms with Crippen LogP contribution in [0.1, 0.15) is 36.8 Å². The minimum atomic E-state index is -4.34. The fraction of sp³-hybridized carbons (Fsp3) is 0.533. The number of rotatable bonds is 5. The first-order valence-corrected chi connectivity index (χ1v) is 7.02. The van der Waals surface area contributed by atoms with Gasteiger partial charge in [0.05, 0.1) is 5.56 Å². The van der Waals surface area contributed by atoms with E-state index in [0.29, 0.717) is 12.1 Å². The maximum Gasteiger partial charge on any atom is 0.416 e. The van der Waals surface area contributed by atoms with Crippen LogP contribution in [0.2, 0.25) is 0 Å². The predicted molar refractivity (Wildman–Crippen MR) is 73.7 cm³/mol. The first-order valence-electron chi connectivity index (χ1n) is 7.02. The molecule has 6 heteroatoms. The molecular weight excluding hydrogens is 281 g/mol.